The van der Waals surface area contributed by atoms with E-state index in [0.29, 0.717) is 6.42 Å². The van der Waals surface area contributed by atoms with Crippen molar-refractivity contribution in [3.05, 3.63) is 29.8 Å². The van der Waals surface area contributed by atoms with Gasteiger partial charge in [-0.3, -0.25) is 13.6 Å². The van der Waals surface area contributed by atoms with Crippen molar-refractivity contribution >= 4 is 29.4 Å². The molecular formula is C19H29O6PS2. The molecule has 158 valence electrons. The normalized spacial score (nSPS) is 35.7. The van der Waals surface area contributed by atoms with Crippen LogP contribution < -0.4 is 0 Å². The Bertz CT molecular complexity index is 735. The van der Waals surface area contributed by atoms with Gasteiger partial charge in [-0.05, 0) is 31.9 Å². The van der Waals surface area contributed by atoms with E-state index in [1.165, 1.54) is 0 Å². The zero-order valence-electron chi connectivity index (χ0n) is 16.9. The van der Waals surface area contributed by atoms with E-state index in [2.05, 4.69) is 26.8 Å². The Hall–Kier alpha value is -0.0500. The molecule has 2 aliphatic heterocycles. The number of aliphatic hydroxyl groups is 1. The first-order valence-electron chi connectivity index (χ1n) is 9.39. The van der Waals surface area contributed by atoms with Crippen LogP contribution in [0.15, 0.2) is 29.2 Å². The molecule has 5 atom stereocenters. The number of phosphoric acid groups is 1. The van der Waals surface area contributed by atoms with Crippen molar-refractivity contribution in [1.82, 2.24) is 0 Å². The summed E-state index contributed by atoms with van der Waals surface area (Å²) < 4.78 is 35.1. The van der Waals surface area contributed by atoms with Gasteiger partial charge in [-0.15, -0.1) is 0 Å². The van der Waals surface area contributed by atoms with Crippen LogP contribution in [0.4, 0.5) is 0 Å². The van der Waals surface area contributed by atoms with Crippen molar-refractivity contribution in [2.45, 2.75) is 74.6 Å². The number of hydrogen-bond acceptors (Lipinski definition) is 8. The van der Waals surface area contributed by atoms with Crippen molar-refractivity contribution in [3.63, 3.8) is 0 Å². The molecule has 1 N–H and O–H groups in total. The van der Waals surface area contributed by atoms with Gasteiger partial charge in [-0.25, -0.2) is 4.57 Å². The Morgan fingerprint density at radius 1 is 1.36 bits per heavy atom. The smallest absolute Gasteiger partial charge is 0.385 e. The van der Waals surface area contributed by atoms with Crippen molar-refractivity contribution in [3.8, 4) is 0 Å². The molecule has 2 fully saturated rings. The monoisotopic (exact) mass is 448 g/mol. The van der Waals surface area contributed by atoms with E-state index in [1.54, 1.807) is 35.4 Å². The summed E-state index contributed by atoms with van der Waals surface area (Å²) >= 11 is 0. The van der Waals surface area contributed by atoms with Crippen molar-refractivity contribution in [2.24, 2.45) is 0 Å². The van der Waals surface area contributed by atoms with E-state index in [-0.39, 0.29) is 18.0 Å². The van der Waals surface area contributed by atoms with Crippen molar-refractivity contribution in [1.29, 1.82) is 0 Å². The Balaban J connectivity index is 1.58. The minimum absolute atomic E-state index is 0.0805. The van der Waals surface area contributed by atoms with Crippen LogP contribution in [0.5, 0.6) is 0 Å². The standard InChI is InChI=1S/C19H29O6PS2/c1-13-19(5,20)17-15(24-13)12-23-26(21,25-17)22-11-10-14-8-6-7-9-16(14)27-28-18(2,3)4/h6-9,13,15,17,20H,10-12H2,1-5H3/t13?,15-,17-,19+,26?/m1/s1. The van der Waals surface area contributed by atoms with E-state index < -0.39 is 31.7 Å². The lowest BCUT2D eigenvalue weighted by Gasteiger charge is -2.34. The van der Waals surface area contributed by atoms with Crippen molar-refractivity contribution < 1.29 is 28.0 Å². The van der Waals surface area contributed by atoms with Gasteiger partial charge in [0.25, 0.3) is 0 Å². The molecule has 2 aliphatic rings. The minimum Gasteiger partial charge on any atom is -0.385 e. The van der Waals surface area contributed by atoms with Crippen LogP contribution in [0.2, 0.25) is 0 Å². The highest BCUT2D eigenvalue weighted by molar-refractivity contribution is 8.77. The number of benzene rings is 1. The molecule has 0 bridgehead atoms. The molecule has 0 aromatic heterocycles. The average Bonchev–Trinajstić information content (AvgIpc) is 2.83. The molecule has 0 radical (unpaired) electrons. The number of ether oxygens (including phenoxy) is 1. The average molecular weight is 449 g/mol. The first-order chi connectivity index (χ1) is 13.0. The maximum Gasteiger partial charge on any atom is 0.475 e. The zero-order valence-corrected chi connectivity index (χ0v) is 19.4. The van der Waals surface area contributed by atoms with Gasteiger partial charge in [0, 0.05) is 9.64 Å². The fraction of sp³-hybridized carbons (Fsp3) is 0.684. The fourth-order valence-corrected chi connectivity index (χ4v) is 6.74. The molecule has 1 aromatic carbocycles. The van der Waals surface area contributed by atoms with Gasteiger partial charge in [0.05, 0.1) is 19.3 Å². The highest BCUT2D eigenvalue weighted by Gasteiger charge is 2.57. The summed E-state index contributed by atoms with van der Waals surface area (Å²) in [4.78, 5) is 1.16. The van der Waals surface area contributed by atoms with Gasteiger partial charge in [-0.1, -0.05) is 60.6 Å². The highest BCUT2D eigenvalue weighted by Crippen LogP contribution is 2.57. The summed E-state index contributed by atoms with van der Waals surface area (Å²) in [6, 6.07) is 8.11. The molecule has 0 aliphatic carbocycles. The van der Waals surface area contributed by atoms with Gasteiger partial charge in [0.1, 0.15) is 17.8 Å². The third kappa shape index (κ3) is 5.35. The number of phosphoric ester groups is 1. The van der Waals surface area contributed by atoms with Crippen LogP contribution >= 0.6 is 29.4 Å². The number of hydrogen-bond donors (Lipinski definition) is 1. The Morgan fingerprint density at radius 2 is 2.07 bits per heavy atom. The van der Waals surface area contributed by atoms with E-state index in [1.807, 2.05) is 18.2 Å². The fourth-order valence-electron chi connectivity index (χ4n) is 3.01. The Morgan fingerprint density at radius 3 is 2.79 bits per heavy atom. The molecule has 2 saturated heterocycles. The second kappa shape index (κ2) is 8.60. The summed E-state index contributed by atoms with van der Waals surface area (Å²) in [5.41, 5.74) is -0.114. The highest BCUT2D eigenvalue weighted by atomic mass is 33.1. The van der Waals surface area contributed by atoms with Crippen LogP contribution in [0.1, 0.15) is 40.2 Å². The lowest BCUT2D eigenvalue weighted by Crippen LogP contribution is -2.48. The molecule has 3 rings (SSSR count). The zero-order chi connectivity index (χ0) is 20.6. The molecule has 0 amide bonds. The lowest BCUT2D eigenvalue weighted by atomic mass is 9.94. The predicted molar refractivity (Wildman–Crippen MR) is 113 cm³/mol. The third-order valence-electron chi connectivity index (χ3n) is 4.73. The molecule has 9 heteroatoms. The molecule has 2 unspecified atom stereocenters. The van der Waals surface area contributed by atoms with E-state index >= 15 is 0 Å². The van der Waals surface area contributed by atoms with Crippen molar-refractivity contribution in [2.75, 3.05) is 13.2 Å². The van der Waals surface area contributed by atoms with E-state index in [9.17, 15) is 9.67 Å². The van der Waals surface area contributed by atoms with Crippen LogP contribution in [0, 0.1) is 0 Å². The van der Waals surface area contributed by atoms with E-state index in [0.717, 1.165) is 10.5 Å². The molecule has 0 saturated carbocycles. The second-order valence-corrected chi connectivity index (χ2v) is 12.9. The largest absolute Gasteiger partial charge is 0.475 e. The maximum absolute atomic E-state index is 12.9. The van der Waals surface area contributed by atoms with Gasteiger partial charge >= 0.3 is 7.82 Å². The number of rotatable bonds is 6. The summed E-state index contributed by atoms with van der Waals surface area (Å²) in [6.07, 6.45) is -1.01. The lowest BCUT2D eigenvalue weighted by molar-refractivity contribution is -0.0778. The molecule has 2 heterocycles. The topological polar surface area (TPSA) is 74.2 Å². The maximum atomic E-state index is 12.9. The summed E-state index contributed by atoms with van der Waals surface area (Å²) in [5, 5.41) is 10.6. The third-order valence-corrected chi connectivity index (χ3v) is 9.63. The van der Waals surface area contributed by atoms with E-state index in [4.69, 9.17) is 18.3 Å². The van der Waals surface area contributed by atoms with Gasteiger partial charge in [0.15, 0.2) is 0 Å². The SMILES string of the molecule is CC1O[C@@H]2COP(=O)(OCCc3ccccc3SSC(C)(C)C)O[C@H]2[C@@]1(C)O. The Labute approximate surface area is 175 Å². The Kier molecular flexibility index (Phi) is 6.95. The summed E-state index contributed by atoms with van der Waals surface area (Å²) in [7, 11) is -0.202. The number of fused-ring (bicyclic) bond motifs is 1. The summed E-state index contributed by atoms with van der Waals surface area (Å²) in [6.45, 7) is 10.2. The quantitative estimate of drug-likeness (QED) is 0.489. The van der Waals surface area contributed by atoms with Crippen LogP contribution in [-0.4, -0.2) is 47.0 Å². The van der Waals surface area contributed by atoms with Gasteiger partial charge in [0.2, 0.25) is 0 Å². The molecule has 28 heavy (non-hydrogen) atoms. The molecule has 1 aromatic rings. The minimum atomic E-state index is -3.74. The second-order valence-electron chi connectivity index (χ2n) is 8.28. The predicted octanol–water partition coefficient (Wildman–Crippen LogP) is 4.85. The van der Waals surface area contributed by atoms with Gasteiger partial charge in [-0.2, -0.15) is 0 Å². The first kappa shape index (κ1) is 22.6. The summed E-state index contributed by atoms with van der Waals surface area (Å²) in [5.74, 6) is 0. The van der Waals surface area contributed by atoms with Crippen LogP contribution in [0.3, 0.4) is 0 Å². The first-order valence-corrected chi connectivity index (χ1v) is 13.0. The molecule has 0 spiro atoms. The molecular weight excluding hydrogens is 419 g/mol. The van der Waals surface area contributed by atoms with Gasteiger partial charge < -0.3 is 9.84 Å². The molecule has 6 nitrogen and oxygen atoms in total. The van der Waals surface area contributed by atoms with Crippen LogP contribution in [-0.2, 0) is 29.3 Å². The van der Waals surface area contributed by atoms with Crippen LogP contribution in [0.25, 0.3) is 0 Å².